The van der Waals surface area contributed by atoms with Gasteiger partial charge in [-0.25, -0.2) is 0 Å². The molecule has 0 aromatic carbocycles. The number of nitrogens with zero attached hydrogens (tertiary/aromatic N) is 2. The van der Waals surface area contributed by atoms with Gasteiger partial charge in [-0.05, 0) is 33.1 Å². The Hall–Kier alpha value is -0.700. The minimum Gasteiger partial charge on any atom is -0.481 e. The summed E-state index contributed by atoms with van der Waals surface area (Å²) in [5.41, 5.74) is 0. The highest BCUT2D eigenvalue weighted by Gasteiger charge is 2.35. The van der Waals surface area contributed by atoms with Crippen molar-refractivity contribution in [2.75, 3.05) is 26.2 Å². The summed E-state index contributed by atoms with van der Waals surface area (Å²) in [6.45, 7) is 4.27. The van der Waals surface area contributed by atoms with Crippen LogP contribution in [0.25, 0.3) is 0 Å². The van der Waals surface area contributed by atoms with Crippen LogP contribution in [-0.2, 0) is 15.0 Å². The maximum Gasteiger partial charge on any atom is 0.306 e. The van der Waals surface area contributed by atoms with E-state index in [4.69, 9.17) is 10.2 Å². The van der Waals surface area contributed by atoms with Gasteiger partial charge in [-0.1, -0.05) is 0 Å². The number of aliphatic hydroxyl groups is 1. The van der Waals surface area contributed by atoms with Gasteiger partial charge in [0, 0.05) is 32.3 Å². The summed E-state index contributed by atoms with van der Waals surface area (Å²) in [5, 5.41) is 17.8. The molecule has 0 aromatic rings. The fourth-order valence-electron chi connectivity index (χ4n) is 2.35. The number of carboxylic acid groups (broad SMARTS) is 1. The third-order valence-electron chi connectivity index (χ3n) is 3.54. The molecule has 0 aromatic heterocycles. The van der Waals surface area contributed by atoms with Crippen LogP contribution in [0.15, 0.2) is 0 Å². The van der Waals surface area contributed by atoms with E-state index in [9.17, 15) is 13.2 Å². The summed E-state index contributed by atoms with van der Waals surface area (Å²) in [6, 6.07) is -0.191. The predicted octanol–water partition coefficient (Wildman–Crippen LogP) is 0.121. The lowest BCUT2D eigenvalue weighted by molar-refractivity contribution is -0.142. The van der Waals surface area contributed by atoms with Gasteiger partial charge < -0.3 is 10.2 Å². The summed E-state index contributed by atoms with van der Waals surface area (Å²) < 4.78 is 27.8. The minimum atomic E-state index is -3.58. The van der Waals surface area contributed by atoms with Gasteiger partial charge in [-0.15, -0.1) is 0 Å². The Morgan fingerprint density at radius 1 is 1.35 bits per heavy atom. The minimum absolute atomic E-state index is 0.0557. The first kappa shape index (κ1) is 17.4. The van der Waals surface area contributed by atoms with E-state index in [1.807, 2.05) is 0 Å². The third kappa shape index (κ3) is 4.15. The first-order valence-electron chi connectivity index (χ1n) is 6.91. The SMILES string of the molecule is CC(C)N(CCCO)S(=O)(=O)N1CCC(C(=O)O)CC1. The van der Waals surface area contributed by atoms with Gasteiger partial charge in [0.25, 0.3) is 10.2 Å². The van der Waals surface area contributed by atoms with Crippen LogP contribution in [0.5, 0.6) is 0 Å². The van der Waals surface area contributed by atoms with Crippen molar-refractivity contribution in [3.05, 3.63) is 0 Å². The quantitative estimate of drug-likeness (QED) is 0.696. The Morgan fingerprint density at radius 3 is 2.30 bits per heavy atom. The predicted molar refractivity (Wildman–Crippen MR) is 74.4 cm³/mol. The molecule has 118 valence electrons. The van der Waals surface area contributed by atoms with Crippen molar-refractivity contribution in [2.24, 2.45) is 5.92 Å². The molecule has 1 rings (SSSR count). The van der Waals surface area contributed by atoms with E-state index in [-0.39, 0.29) is 32.3 Å². The topological polar surface area (TPSA) is 98.2 Å². The Kier molecular flexibility index (Phi) is 6.38. The molecule has 0 spiro atoms. The van der Waals surface area contributed by atoms with Crippen LogP contribution < -0.4 is 0 Å². The molecule has 1 fully saturated rings. The van der Waals surface area contributed by atoms with Crippen molar-refractivity contribution < 1.29 is 23.4 Å². The molecule has 0 bridgehead atoms. The van der Waals surface area contributed by atoms with Crippen molar-refractivity contribution in [3.63, 3.8) is 0 Å². The number of hydrogen-bond acceptors (Lipinski definition) is 4. The first-order valence-corrected chi connectivity index (χ1v) is 8.31. The van der Waals surface area contributed by atoms with Gasteiger partial charge in [0.1, 0.15) is 0 Å². The average molecular weight is 308 g/mol. The fourth-order valence-corrected chi connectivity index (χ4v) is 4.21. The number of hydrogen-bond donors (Lipinski definition) is 2. The molecule has 0 amide bonds. The van der Waals surface area contributed by atoms with Gasteiger partial charge in [0.05, 0.1) is 5.92 Å². The van der Waals surface area contributed by atoms with Crippen molar-refractivity contribution in [3.8, 4) is 0 Å². The van der Waals surface area contributed by atoms with E-state index < -0.39 is 22.1 Å². The second-order valence-electron chi connectivity index (χ2n) is 5.30. The molecule has 20 heavy (non-hydrogen) atoms. The van der Waals surface area contributed by atoms with E-state index in [2.05, 4.69) is 0 Å². The molecule has 0 unspecified atom stereocenters. The molecule has 0 saturated carbocycles. The molecule has 7 nitrogen and oxygen atoms in total. The Morgan fingerprint density at radius 2 is 1.90 bits per heavy atom. The van der Waals surface area contributed by atoms with E-state index in [0.29, 0.717) is 19.3 Å². The summed E-state index contributed by atoms with van der Waals surface area (Å²) in [4.78, 5) is 10.9. The number of carboxylic acids is 1. The smallest absolute Gasteiger partial charge is 0.306 e. The molecule has 8 heteroatoms. The summed E-state index contributed by atoms with van der Waals surface area (Å²) in [6.07, 6.45) is 1.09. The largest absolute Gasteiger partial charge is 0.481 e. The maximum absolute atomic E-state index is 12.5. The molecule has 0 radical (unpaired) electrons. The van der Waals surface area contributed by atoms with Crippen LogP contribution in [0.1, 0.15) is 33.1 Å². The number of carbonyl (C=O) groups is 1. The lowest BCUT2D eigenvalue weighted by Crippen LogP contribution is -2.50. The monoisotopic (exact) mass is 308 g/mol. The lowest BCUT2D eigenvalue weighted by atomic mass is 9.99. The second-order valence-corrected chi connectivity index (χ2v) is 7.18. The number of rotatable bonds is 7. The molecule has 0 aliphatic carbocycles. The van der Waals surface area contributed by atoms with Gasteiger partial charge in [0.2, 0.25) is 0 Å². The molecule has 2 N–H and O–H groups in total. The second kappa shape index (κ2) is 7.35. The summed E-state index contributed by atoms with van der Waals surface area (Å²) >= 11 is 0. The summed E-state index contributed by atoms with van der Waals surface area (Å²) in [5.74, 6) is -1.31. The van der Waals surface area contributed by atoms with Gasteiger partial charge in [-0.3, -0.25) is 4.79 Å². The van der Waals surface area contributed by atoms with Crippen LogP contribution in [0, 0.1) is 5.92 Å². The van der Waals surface area contributed by atoms with Crippen LogP contribution in [0.4, 0.5) is 0 Å². The Labute approximate surface area is 120 Å². The molecule has 0 atom stereocenters. The molecule has 1 aliphatic rings. The van der Waals surface area contributed by atoms with Crippen molar-refractivity contribution in [1.82, 2.24) is 8.61 Å². The maximum atomic E-state index is 12.5. The Bertz CT molecular complexity index is 416. The average Bonchev–Trinajstić information content (AvgIpc) is 2.38. The van der Waals surface area contributed by atoms with Crippen LogP contribution in [0.2, 0.25) is 0 Å². The van der Waals surface area contributed by atoms with E-state index in [1.54, 1.807) is 13.8 Å². The van der Waals surface area contributed by atoms with Crippen molar-refractivity contribution >= 4 is 16.2 Å². The Balaban J connectivity index is 2.74. The van der Waals surface area contributed by atoms with E-state index in [1.165, 1.54) is 8.61 Å². The van der Waals surface area contributed by atoms with E-state index in [0.717, 1.165) is 0 Å². The zero-order chi connectivity index (χ0) is 15.3. The fraction of sp³-hybridized carbons (Fsp3) is 0.917. The first-order chi connectivity index (χ1) is 9.30. The zero-order valence-electron chi connectivity index (χ0n) is 12.0. The van der Waals surface area contributed by atoms with Crippen molar-refractivity contribution in [1.29, 1.82) is 0 Å². The molecular formula is C12H24N2O5S. The van der Waals surface area contributed by atoms with Crippen molar-refractivity contribution in [2.45, 2.75) is 39.2 Å². The molecule has 1 saturated heterocycles. The number of piperidine rings is 1. The molecule has 1 heterocycles. The van der Waals surface area contributed by atoms with Gasteiger partial charge in [0.15, 0.2) is 0 Å². The molecule has 1 aliphatic heterocycles. The third-order valence-corrected chi connectivity index (χ3v) is 5.75. The van der Waals surface area contributed by atoms with Crippen LogP contribution in [0.3, 0.4) is 0 Å². The highest BCUT2D eigenvalue weighted by atomic mass is 32.2. The lowest BCUT2D eigenvalue weighted by Gasteiger charge is -2.35. The van der Waals surface area contributed by atoms with Crippen LogP contribution >= 0.6 is 0 Å². The van der Waals surface area contributed by atoms with E-state index >= 15 is 0 Å². The van der Waals surface area contributed by atoms with Gasteiger partial charge in [-0.2, -0.15) is 17.0 Å². The highest BCUT2D eigenvalue weighted by molar-refractivity contribution is 7.86. The van der Waals surface area contributed by atoms with Gasteiger partial charge >= 0.3 is 5.97 Å². The normalized spacial score (nSPS) is 18.9. The highest BCUT2D eigenvalue weighted by Crippen LogP contribution is 2.22. The number of aliphatic hydroxyl groups excluding tert-OH is 1. The van der Waals surface area contributed by atoms with Crippen LogP contribution in [-0.4, -0.2) is 65.5 Å². The zero-order valence-corrected chi connectivity index (χ0v) is 12.8. The molecular weight excluding hydrogens is 284 g/mol. The standard InChI is InChI=1S/C12H24N2O5S/c1-10(2)14(6-3-9-15)20(18,19)13-7-4-11(5-8-13)12(16)17/h10-11,15H,3-9H2,1-2H3,(H,16,17). The summed E-state index contributed by atoms with van der Waals surface area (Å²) in [7, 11) is -3.58. The number of aliphatic carboxylic acids is 1.